The molecule has 0 aromatic heterocycles. The standard InChI is InChI=1S/C7H9O3PS2/c1-13(8,9)10-6-3-2-5(11)4-7(6)12/h2-4,12H,11H2,1H3. The van der Waals surface area contributed by atoms with Crippen molar-refractivity contribution in [3.05, 3.63) is 18.2 Å². The Bertz CT molecular complexity index is 414. The first kappa shape index (κ1) is 10.8. The average Bonchev–Trinajstić information content (AvgIpc) is 1.93. The summed E-state index contributed by atoms with van der Waals surface area (Å²) in [6.45, 7) is 0. The van der Waals surface area contributed by atoms with Crippen LogP contribution < -0.4 is 9.49 Å². The first-order chi connectivity index (χ1) is 5.88. The van der Waals surface area contributed by atoms with Crippen LogP contribution in [0.2, 0.25) is 0 Å². The van der Waals surface area contributed by atoms with Crippen LogP contribution in [-0.2, 0) is 10.1 Å². The molecule has 0 aliphatic rings. The van der Waals surface area contributed by atoms with Crippen molar-refractivity contribution in [3.63, 3.8) is 0 Å². The van der Waals surface area contributed by atoms with Gasteiger partial charge in [0.15, 0.2) is 5.75 Å². The summed E-state index contributed by atoms with van der Waals surface area (Å²) in [5, 5.41) is 0.922. The fourth-order valence-electron chi connectivity index (χ4n) is 0.768. The van der Waals surface area contributed by atoms with E-state index in [2.05, 4.69) is 26.1 Å². The molecule has 0 bridgehead atoms. The molecule has 1 unspecified atom stereocenters. The molecule has 0 aliphatic heterocycles. The third-order valence-corrected chi connectivity index (χ3v) is 2.42. The van der Waals surface area contributed by atoms with Crippen molar-refractivity contribution >= 4 is 37.3 Å². The van der Waals surface area contributed by atoms with Gasteiger partial charge in [0.1, 0.15) is 0 Å². The van der Waals surface area contributed by atoms with Crippen molar-refractivity contribution in [2.75, 3.05) is 6.26 Å². The molecule has 1 atom stereocenters. The SMILES string of the molecule is CS(=O)(=O)Oc1ccc(P)cc1S. The minimum Gasteiger partial charge on any atom is -0.381 e. The second-order valence-corrected chi connectivity index (χ2v) is 5.24. The Labute approximate surface area is 85.2 Å². The molecule has 0 saturated heterocycles. The molecule has 0 N–H and O–H groups in total. The predicted molar refractivity (Wildman–Crippen MR) is 58.5 cm³/mol. The summed E-state index contributed by atoms with van der Waals surface area (Å²) in [7, 11) is -0.985. The van der Waals surface area contributed by atoms with Gasteiger partial charge in [0, 0.05) is 4.90 Å². The molecule has 0 aliphatic carbocycles. The van der Waals surface area contributed by atoms with Gasteiger partial charge in [-0.1, -0.05) is 6.07 Å². The van der Waals surface area contributed by atoms with E-state index >= 15 is 0 Å². The van der Waals surface area contributed by atoms with Crippen molar-refractivity contribution in [2.24, 2.45) is 0 Å². The van der Waals surface area contributed by atoms with Crippen LogP contribution in [0.15, 0.2) is 23.1 Å². The first-order valence-electron chi connectivity index (χ1n) is 3.36. The van der Waals surface area contributed by atoms with Gasteiger partial charge in [-0.05, 0) is 17.4 Å². The van der Waals surface area contributed by atoms with Crippen LogP contribution in [-0.4, -0.2) is 14.7 Å². The van der Waals surface area contributed by atoms with Crippen molar-refractivity contribution in [1.82, 2.24) is 0 Å². The Kier molecular flexibility index (Phi) is 3.22. The van der Waals surface area contributed by atoms with E-state index < -0.39 is 10.1 Å². The zero-order valence-electron chi connectivity index (χ0n) is 6.89. The summed E-state index contributed by atoms with van der Waals surface area (Å²) in [6.07, 6.45) is 0.995. The fourth-order valence-corrected chi connectivity index (χ4v) is 1.97. The molecule has 0 saturated carbocycles. The summed E-state index contributed by atoms with van der Waals surface area (Å²) in [6, 6.07) is 4.99. The van der Waals surface area contributed by atoms with E-state index in [-0.39, 0.29) is 5.75 Å². The molecule has 1 aromatic carbocycles. The van der Waals surface area contributed by atoms with Crippen LogP contribution in [0.4, 0.5) is 0 Å². The van der Waals surface area contributed by atoms with Gasteiger partial charge in [-0.15, -0.1) is 21.9 Å². The quantitative estimate of drug-likeness (QED) is 0.469. The Morgan fingerprint density at radius 3 is 2.54 bits per heavy atom. The third-order valence-electron chi connectivity index (χ3n) is 1.22. The Balaban J connectivity index is 3.04. The smallest absolute Gasteiger partial charge is 0.306 e. The van der Waals surface area contributed by atoms with Gasteiger partial charge >= 0.3 is 10.1 Å². The predicted octanol–water partition coefficient (Wildman–Crippen LogP) is 0.814. The Morgan fingerprint density at radius 2 is 2.08 bits per heavy atom. The largest absolute Gasteiger partial charge is 0.381 e. The van der Waals surface area contributed by atoms with Gasteiger partial charge in [0.2, 0.25) is 0 Å². The van der Waals surface area contributed by atoms with Crippen LogP contribution in [0.5, 0.6) is 5.75 Å². The van der Waals surface area contributed by atoms with Crippen molar-refractivity contribution < 1.29 is 12.6 Å². The molecule has 0 radical (unpaired) electrons. The highest BCUT2D eigenvalue weighted by Crippen LogP contribution is 2.22. The van der Waals surface area contributed by atoms with Gasteiger partial charge in [-0.25, -0.2) is 0 Å². The molecule has 72 valence electrons. The van der Waals surface area contributed by atoms with E-state index in [0.29, 0.717) is 4.90 Å². The molecule has 1 rings (SSSR count). The van der Waals surface area contributed by atoms with Gasteiger partial charge in [0.05, 0.1) is 6.26 Å². The molecule has 1 aromatic rings. The molecule has 6 heteroatoms. The number of thiol groups is 1. The van der Waals surface area contributed by atoms with E-state index in [0.717, 1.165) is 11.6 Å². The summed E-state index contributed by atoms with van der Waals surface area (Å²) in [5.41, 5.74) is 0. The lowest BCUT2D eigenvalue weighted by atomic mass is 10.3. The number of benzene rings is 1. The second kappa shape index (κ2) is 3.86. The normalized spacial score (nSPS) is 11.3. The Hall–Kier alpha value is -0.250. The van der Waals surface area contributed by atoms with Crippen molar-refractivity contribution in [1.29, 1.82) is 0 Å². The van der Waals surface area contributed by atoms with Crippen LogP contribution in [0, 0.1) is 0 Å². The summed E-state index contributed by atoms with van der Waals surface area (Å²) in [4.78, 5) is 0.498. The van der Waals surface area contributed by atoms with Gasteiger partial charge in [-0.2, -0.15) is 8.42 Å². The second-order valence-electron chi connectivity index (χ2n) is 2.51. The zero-order valence-corrected chi connectivity index (χ0v) is 9.76. The highest BCUT2D eigenvalue weighted by molar-refractivity contribution is 7.86. The van der Waals surface area contributed by atoms with E-state index in [1.807, 2.05) is 0 Å². The zero-order chi connectivity index (χ0) is 10.1. The molecule has 0 amide bonds. The summed E-state index contributed by atoms with van der Waals surface area (Å²) in [5.74, 6) is 0.247. The molecular weight excluding hydrogens is 227 g/mol. The summed E-state index contributed by atoms with van der Waals surface area (Å²) < 4.78 is 26.2. The van der Waals surface area contributed by atoms with Gasteiger partial charge in [-0.3, -0.25) is 0 Å². The maximum absolute atomic E-state index is 10.8. The molecule has 0 heterocycles. The molecule has 3 nitrogen and oxygen atoms in total. The minimum atomic E-state index is -3.47. The molecule has 0 spiro atoms. The maximum atomic E-state index is 10.8. The lowest BCUT2D eigenvalue weighted by molar-refractivity contribution is 0.487. The van der Waals surface area contributed by atoms with E-state index in [1.54, 1.807) is 18.2 Å². The average molecular weight is 236 g/mol. The highest BCUT2D eigenvalue weighted by atomic mass is 32.2. The topological polar surface area (TPSA) is 43.4 Å². The maximum Gasteiger partial charge on any atom is 0.306 e. The van der Waals surface area contributed by atoms with Gasteiger partial charge in [0.25, 0.3) is 0 Å². The highest BCUT2D eigenvalue weighted by Gasteiger charge is 2.07. The number of hydrogen-bond donors (Lipinski definition) is 1. The van der Waals surface area contributed by atoms with Crippen molar-refractivity contribution in [3.8, 4) is 5.75 Å². The van der Waals surface area contributed by atoms with E-state index in [9.17, 15) is 8.42 Å². The fraction of sp³-hybridized carbons (Fsp3) is 0.143. The molecule has 13 heavy (non-hydrogen) atoms. The van der Waals surface area contributed by atoms with Crippen LogP contribution in [0.3, 0.4) is 0 Å². The summed E-state index contributed by atoms with van der Waals surface area (Å²) >= 11 is 4.08. The number of rotatable bonds is 2. The van der Waals surface area contributed by atoms with Gasteiger partial charge < -0.3 is 4.18 Å². The monoisotopic (exact) mass is 236 g/mol. The van der Waals surface area contributed by atoms with Crippen LogP contribution >= 0.6 is 21.9 Å². The van der Waals surface area contributed by atoms with E-state index in [4.69, 9.17) is 0 Å². The van der Waals surface area contributed by atoms with Crippen LogP contribution in [0.1, 0.15) is 0 Å². The Morgan fingerprint density at radius 1 is 1.46 bits per heavy atom. The van der Waals surface area contributed by atoms with E-state index in [1.165, 1.54) is 0 Å². The molecular formula is C7H9O3PS2. The first-order valence-corrected chi connectivity index (χ1v) is 6.20. The minimum absolute atomic E-state index is 0.247. The molecule has 0 fully saturated rings. The lowest BCUT2D eigenvalue weighted by Gasteiger charge is -2.05. The lowest BCUT2D eigenvalue weighted by Crippen LogP contribution is -2.07. The van der Waals surface area contributed by atoms with Crippen LogP contribution in [0.25, 0.3) is 0 Å². The third kappa shape index (κ3) is 3.55. The number of hydrogen-bond acceptors (Lipinski definition) is 4. The van der Waals surface area contributed by atoms with Crippen molar-refractivity contribution in [2.45, 2.75) is 4.90 Å².